The van der Waals surface area contributed by atoms with Crippen LogP contribution in [0.2, 0.25) is 0 Å². The van der Waals surface area contributed by atoms with Gasteiger partial charge >= 0.3 is 5.97 Å². The van der Waals surface area contributed by atoms with Crippen molar-refractivity contribution in [2.24, 2.45) is 5.73 Å². The predicted molar refractivity (Wildman–Crippen MR) is 66.5 cm³/mol. The summed E-state index contributed by atoms with van der Waals surface area (Å²) >= 11 is 0. The highest BCUT2D eigenvalue weighted by Gasteiger charge is 2.10. The molecule has 0 spiro atoms. The van der Waals surface area contributed by atoms with E-state index >= 15 is 0 Å². The van der Waals surface area contributed by atoms with Crippen LogP contribution in [-0.4, -0.2) is 29.6 Å². The molecule has 4 N–H and O–H groups in total. The van der Waals surface area contributed by atoms with E-state index in [-0.39, 0.29) is 18.4 Å². The van der Waals surface area contributed by atoms with Crippen LogP contribution in [0.1, 0.15) is 13.3 Å². The Bertz CT molecular complexity index is 432. The van der Waals surface area contributed by atoms with E-state index in [1.54, 1.807) is 31.2 Å². The van der Waals surface area contributed by atoms with Crippen LogP contribution in [0.15, 0.2) is 24.3 Å². The third-order valence-corrected chi connectivity index (χ3v) is 2.02. The van der Waals surface area contributed by atoms with Gasteiger partial charge in [0.1, 0.15) is 5.75 Å². The van der Waals surface area contributed by atoms with Gasteiger partial charge in [0, 0.05) is 12.5 Å². The Morgan fingerprint density at radius 3 is 2.72 bits per heavy atom. The molecule has 0 aliphatic heterocycles. The van der Waals surface area contributed by atoms with E-state index in [4.69, 9.17) is 15.6 Å². The first-order valence-corrected chi connectivity index (χ1v) is 5.48. The van der Waals surface area contributed by atoms with E-state index in [0.29, 0.717) is 11.4 Å². The molecule has 1 aromatic rings. The van der Waals surface area contributed by atoms with Crippen molar-refractivity contribution >= 4 is 17.6 Å². The van der Waals surface area contributed by atoms with Gasteiger partial charge in [-0.15, -0.1) is 0 Å². The average Bonchev–Trinajstić information content (AvgIpc) is 2.26. The Morgan fingerprint density at radius 1 is 1.44 bits per heavy atom. The summed E-state index contributed by atoms with van der Waals surface area (Å²) < 4.78 is 5.06. The molecule has 1 atom stereocenters. The maximum atomic E-state index is 11.6. The van der Waals surface area contributed by atoms with Crippen molar-refractivity contribution in [1.82, 2.24) is 0 Å². The molecule has 1 rings (SSSR count). The fourth-order valence-corrected chi connectivity index (χ4v) is 1.33. The Hall–Kier alpha value is -2.08. The van der Waals surface area contributed by atoms with Crippen LogP contribution in [0.3, 0.4) is 0 Å². The summed E-state index contributed by atoms with van der Waals surface area (Å²) in [6, 6.07) is 6.39. The number of ether oxygens (including phenoxy) is 1. The van der Waals surface area contributed by atoms with E-state index in [0.717, 1.165) is 0 Å². The lowest BCUT2D eigenvalue weighted by Gasteiger charge is -2.11. The summed E-state index contributed by atoms with van der Waals surface area (Å²) in [7, 11) is 0. The molecule has 6 nitrogen and oxygen atoms in total. The lowest BCUT2D eigenvalue weighted by atomic mass is 10.2. The topological polar surface area (TPSA) is 102 Å². The number of hydrogen-bond donors (Lipinski definition) is 3. The highest BCUT2D eigenvalue weighted by atomic mass is 16.5. The summed E-state index contributed by atoms with van der Waals surface area (Å²) in [6.45, 7) is 1.27. The zero-order valence-electron chi connectivity index (χ0n) is 10.1. The van der Waals surface area contributed by atoms with Gasteiger partial charge in [0.25, 0.3) is 0 Å². The summed E-state index contributed by atoms with van der Waals surface area (Å²) in [4.78, 5) is 22.0. The summed E-state index contributed by atoms with van der Waals surface area (Å²) in [5.74, 6) is -0.999. The maximum absolute atomic E-state index is 11.6. The first-order chi connectivity index (χ1) is 8.49. The molecule has 98 valence electrons. The highest BCUT2D eigenvalue weighted by molar-refractivity contribution is 5.92. The van der Waals surface area contributed by atoms with Crippen LogP contribution in [0, 0.1) is 0 Å². The third-order valence-electron chi connectivity index (χ3n) is 2.02. The number of nitrogens with two attached hydrogens (primary N) is 1. The van der Waals surface area contributed by atoms with E-state index in [1.807, 2.05) is 0 Å². The zero-order valence-corrected chi connectivity index (χ0v) is 10.1. The molecule has 0 aliphatic carbocycles. The Kier molecular flexibility index (Phi) is 5.13. The first-order valence-electron chi connectivity index (χ1n) is 5.48. The number of carbonyl (C=O) groups excluding carboxylic acids is 1. The minimum Gasteiger partial charge on any atom is -0.480 e. The van der Waals surface area contributed by atoms with E-state index < -0.39 is 12.6 Å². The quantitative estimate of drug-likeness (QED) is 0.696. The summed E-state index contributed by atoms with van der Waals surface area (Å²) in [6.07, 6.45) is 0.188. The van der Waals surface area contributed by atoms with Crippen molar-refractivity contribution < 1.29 is 19.4 Å². The second-order valence-electron chi connectivity index (χ2n) is 3.91. The van der Waals surface area contributed by atoms with Gasteiger partial charge in [0.15, 0.2) is 6.61 Å². The number of carboxylic acid groups (broad SMARTS) is 1. The van der Waals surface area contributed by atoms with Crippen LogP contribution in [0.4, 0.5) is 5.69 Å². The number of nitrogens with one attached hydrogen (secondary N) is 1. The van der Waals surface area contributed by atoms with Gasteiger partial charge in [0.05, 0.1) is 5.69 Å². The molecule has 0 saturated heterocycles. The second-order valence-corrected chi connectivity index (χ2v) is 3.91. The molecule has 0 aliphatic rings. The minimum atomic E-state index is -1.08. The molecule has 0 bridgehead atoms. The third kappa shape index (κ3) is 4.84. The standard InChI is InChI=1S/C12H16N2O4/c1-8(13)6-11(15)14-9-4-2-3-5-10(9)18-7-12(16)17/h2-5,8H,6-7,13H2,1H3,(H,14,15)(H,16,17). The number of para-hydroxylation sites is 2. The van der Waals surface area contributed by atoms with Gasteiger partial charge < -0.3 is 20.9 Å². The summed E-state index contributed by atoms with van der Waals surface area (Å²) in [5.41, 5.74) is 5.95. The van der Waals surface area contributed by atoms with Crippen molar-refractivity contribution in [2.45, 2.75) is 19.4 Å². The van der Waals surface area contributed by atoms with Gasteiger partial charge in [-0.3, -0.25) is 4.79 Å². The molecular weight excluding hydrogens is 236 g/mol. The number of rotatable bonds is 6. The van der Waals surface area contributed by atoms with Gasteiger partial charge in [-0.2, -0.15) is 0 Å². The van der Waals surface area contributed by atoms with Gasteiger partial charge in [-0.1, -0.05) is 12.1 Å². The number of anilines is 1. The molecule has 0 radical (unpaired) electrons. The van der Waals surface area contributed by atoms with Crippen LogP contribution in [0.25, 0.3) is 0 Å². The molecule has 0 heterocycles. The molecule has 6 heteroatoms. The fraction of sp³-hybridized carbons (Fsp3) is 0.333. The lowest BCUT2D eigenvalue weighted by Crippen LogP contribution is -2.24. The normalized spacial score (nSPS) is 11.7. The molecule has 0 fully saturated rings. The SMILES string of the molecule is CC(N)CC(=O)Nc1ccccc1OCC(=O)O. The number of hydrogen-bond acceptors (Lipinski definition) is 4. The zero-order chi connectivity index (χ0) is 13.5. The Balaban J connectivity index is 2.69. The highest BCUT2D eigenvalue weighted by Crippen LogP contribution is 2.23. The van der Waals surface area contributed by atoms with Crippen molar-refractivity contribution in [2.75, 3.05) is 11.9 Å². The van der Waals surface area contributed by atoms with Crippen LogP contribution in [0.5, 0.6) is 5.75 Å². The fourth-order valence-electron chi connectivity index (χ4n) is 1.33. The molecule has 1 aromatic carbocycles. The van der Waals surface area contributed by atoms with Crippen molar-refractivity contribution in [3.05, 3.63) is 24.3 Å². The van der Waals surface area contributed by atoms with E-state index in [1.165, 1.54) is 0 Å². The lowest BCUT2D eigenvalue weighted by molar-refractivity contribution is -0.139. The number of carboxylic acids is 1. The molecule has 18 heavy (non-hydrogen) atoms. The number of carbonyl (C=O) groups is 2. The molecule has 1 amide bonds. The molecule has 0 aromatic heterocycles. The van der Waals surface area contributed by atoms with Crippen LogP contribution in [-0.2, 0) is 9.59 Å². The van der Waals surface area contributed by atoms with Crippen LogP contribution >= 0.6 is 0 Å². The predicted octanol–water partition coefficient (Wildman–Crippen LogP) is 0.826. The summed E-state index contributed by atoms with van der Waals surface area (Å²) in [5, 5.41) is 11.2. The molecule has 1 unspecified atom stereocenters. The molecule has 0 saturated carbocycles. The Morgan fingerprint density at radius 2 is 2.11 bits per heavy atom. The number of aliphatic carboxylic acids is 1. The number of benzene rings is 1. The maximum Gasteiger partial charge on any atom is 0.341 e. The van der Waals surface area contributed by atoms with Crippen molar-refractivity contribution in [3.63, 3.8) is 0 Å². The van der Waals surface area contributed by atoms with E-state index in [2.05, 4.69) is 5.32 Å². The number of amides is 1. The van der Waals surface area contributed by atoms with Crippen molar-refractivity contribution in [1.29, 1.82) is 0 Å². The Labute approximate surface area is 105 Å². The van der Waals surface area contributed by atoms with Gasteiger partial charge in [-0.25, -0.2) is 4.79 Å². The van der Waals surface area contributed by atoms with Crippen LogP contribution < -0.4 is 15.8 Å². The average molecular weight is 252 g/mol. The molecular formula is C12H16N2O4. The van der Waals surface area contributed by atoms with Gasteiger partial charge in [-0.05, 0) is 19.1 Å². The smallest absolute Gasteiger partial charge is 0.341 e. The largest absolute Gasteiger partial charge is 0.480 e. The van der Waals surface area contributed by atoms with Gasteiger partial charge in [0.2, 0.25) is 5.91 Å². The second kappa shape index (κ2) is 6.61. The van der Waals surface area contributed by atoms with E-state index in [9.17, 15) is 9.59 Å². The minimum absolute atomic E-state index is 0.188. The van der Waals surface area contributed by atoms with Crippen molar-refractivity contribution in [3.8, 4) is 5.75 Å². The monoisotopic (exact) mass is 252 g/mol. The first kappa shape index (κ1) is 14.0.